The first-order chi connectivity index (χ1) is 4.09. The molecule has 0 aromatic carbocycles. The first kappa shape index (κ1) is 8.83. The summed E-state index contributed by atoms with van der Waals surface area (Å²) >= 11 is 5.76. The maximum Gasteiger partial charge on any atom is 0.0928 e. The van der Waals surface area contributed by atoms with Crippen molar-refractivity contribution in [2.24, 2.45) is 0 Å². The van der Waals surface area contributed by atoms with Gasteiger partial charge in [-0.1, -0.05) is 0 Å². The molecule has 0 saturated carbocycles. The minimum Gasteiger partial charge on any atom is -0.501 e. The largest absolute Gasteiger partial charge is 0.501 e. The fourth-order valence-electron chi connectivity index (χ4n) is 0.441. The molecule has 0 aliphatic heterocycles. The monoisotopic (exact) mass is 148 g/mol. The van der Waals surface area contributed by atoms with Gasteiger partial charge in [0.2, 0.25) is 0 Å². The molecule has 0 rings (SSSR count). The molecule has 9 heavy (non-hydrogen) atoms. The number of rotatable bonds is 2. The van der Waals surface area contributed by atoms with E-state index in [4.69, 9.17) is 16.3 Å². The molecule has 1 atom stereocenters. The summed E-state index contributed by atoms with van der Waals surface area (Å²) in [5.41, 5.74) is 1.10. The Morgan fingerprint density at radius 3 is 2.00 bits per heavy atom. The summed E-state index contributed by atoms with van der Waals surface area (Å²) in [5, 5.41) is 0.0740. The molecule has 0 heterocycles. The third kappa shape index (κ3) is 2.75. The Bertz CT molecular complexity index is 116. The summed E-state index contributed by atoms with van der Waals surface area (Å²) in [6.07, 6.45) is 0. The van der Waals surface area contributed by atoms with Gasteiger partial charge in [-0.05, 0) is 26.3 Å². The van der Waals surface area contributed by atoms with Crippen LogP contribution in [0.25, 0.3) is 0 Å². The average molecular weight is 149 g/mol. The second-order valence-corrected chi connectivity index (χ2v) is 2.71. The van der Waals surface area contributed by atoms with Gasteiger partial charge in [-0.25, -0.2) is 0 Å². The van der Waals surface area contributed by atoms with E-state index in [2.05, 4.69) is 0 Å². The van der Waals surface area contributed by atoms with Crippen LogP contribution in [0.15, 0.2) is 11.3 Å². The van der Waals surface area contributed by atoms with Crippen LogP contribution in [0.4, 0.5) is 0 Å². The summed E-state index contributed by atoms with van der Waals surface area (Å²) in [6, 6.07) is 0. The average Bonchev–Trinajstić information content (AvgIpc) is 1.84. The molecule has 1 unspecified atom stereocenters. The lowest BCUT2D eigenvalue weighted by atomic mass is 10.2. The number of hydrogen-bond donors (Lipinski definition) is 0. The second-order valence-electron chi connectivity index (χ2n) is 2.06. The van der Waals surface area contributed by atoms with Crippen molar-refractivity contribution in [3.8, 4) is 0 Å². The lowest BCUT2D eigenvalue weighted by Crippen LogP contribution is -1.97. The van der Waals surface area contributed by atoms with Gasteiger partial charge < -0.3 is 4.74 Å². The van der Waals surface area contributed by atoms with Gasteiger partial charge in [-0.15, -0.1) is 11.6 Å². The molecule has 0 amide bonds. The highest BCUT2D eigenvalue weighted by atomic mass is 35.5. The Kier molecular flexibility index (Phi) is 3.71. The standard InChI is InChI=1S/C7H13ClO/c1-5(6(2)8)7(3)9-4/h6H,1-4H3. The second kappa shape index (κ2) is 3.78. The Morgan fingerprint density at radius 2 is 1.89 bits per heavy atom. The van der Waals surface area contributed by atoms with Crippen LogP contribution in [-0.2, 0) is 4.74 Å². The fourth-order valence-corrected chi connectivity index (χ4v) is 0.595. The molecular formula is C7H13ClO. The van der Waals surface area contributed by atoms with E-state index in [1.807, 2.05) is 20.8 Å². The van der Waals surface area contributed by atoms with Crippen molar-refractivity contribution in [3.05, 3.63) is 11.3 Å². The van der Waals surface area contributed by atoms with E-state index in [-0.39, 0.29) is 5.38 Å². The zero-order valence-electron chi connectivity index (χ0n) is 6.36. The molecule has 0 aromatic rings. The maximum atomic E-state index is 5.76. The predicted molar refractivity (Wildman–Crippen MR) is 40.7 cm³/mol. The van der Waals surface area contributed by atoms with Crippen LogP contribution in [0.5, 0.6) is 0 Å². The van der Waals surface area contributed by atoms with Crippen LogP contribution < -0.4 is 0 Å². The summed E-state index contributed by atoms with van der Waals surface area (Å²) in [7, 11) is 1.65. The Labute approximate surface area is 61.7 Å². The van der Waals surface area contributed by atoms with Crippen LogP contribution in [0.2, 0.25) is 0 Å². The van der Waals surface area contributed by atoms with Crippen molar-refractivity contribution in [2.45, 2.75) is 26.1 Å². The van der Waals surface area contributed by atoms with Crippen LogP contribution in [0.1, 0.15) is 20.8 Å². The SMILES string of the molecule is COC(C)=C(C)C(C)Cl. The van der Waals surface area contributed by atoms with Crippen LogP contribution in [0, 0.1) is 0 Å². The van der Waals surface area contributed by atoms with E-state index in [1.54, 1.807) is 7.11 Å². The fraction of sp³-hybridized carbons (Fsp3) is 0.714. The van der Waals surface area contributed by atoms with Crippen molar-refractivity contribution >= 4 is 11.6 Å². The summed E-state index contributed by atoms with van der Waals surface area (Å²) in [5.74, 6) is 0.914. The summed E-state index contributed by atoms with van der Waals surface area (Å²) in [6.45, 7) is 5.81. The Morgan fingerprint density at radius 1 is 1.44 bits per heavy atom. The van der Waals surface area contributed by atoms with Crippen molar-refractivity contribution < 1.29 is 4.74 Å². The molecule has 0 N–H and O–H groups in total. The molecule has 0 aliphatic rings. The molecule has 0 saturated heterocycles. The Hall–Kier alpha value is -0.170. The molecule has 2 heteroatoms. The van der Waals surface area contributed by atoms with Gasteiger partial charge in [0.25, 0.3) is 0 Å². The third-order valence-corrected chi connectivity index (χ3v) is 1.79. The van der Waals surface area contributed by atoms with Gasteiger partial charge in [0.15, 0.2) is 0 Å². The predicted octanol–water partition coefficient (Wildman–Crippen LogP) is 2.55. The van der Waals surface area contributed by atoms with Gasteiger partial charge >= 0.3 is 0 Å². The van der Waals surface area contributed by atoms with Crippen LogP contribution in [-0.4, -0.2) is 12.5 Å². The van der Waals surface area contributed by atoms with E-state index in [1.165, 1.54) is 0 Å². The Balaban J connectivity index is 4.10. The zero-order chi connectivity index (χ0) is 7.44. The smallest absolute Gasteiger partial charge is 0.0928 e. The highest BCUT2D eigenvalue weighted by molar-refractivity contribution is 6.22. The molecule has 54 valence electrons. The van der Waals surface area contributed by atoms with Crippen molar-refractivity contribution in [1.29, 1.82) is 0 Å². The number of alkyl halides is 1. The first-order valence-electron chi connectivity index (χ1n) is 2.95. The van der Waals surface area contributed by atoms with Gasteiger partial charge in [-0.3, -0.25) is 0 Å². The molecule has 0 bridgehead atoms. The number of methoxy groups -OCH3 is 1. The van der Waals surface area contributed by atoms with Gasteiger partial charge in [0.1, 0.15) is 0 Å². The molecule has 0 aliphatic carbocycles. The first-order valence-corrected chi connectivity index (χ1v) is 3.38. The van der Waals surface area contributed by atoms with Crippen molar-refractivity contribution in [1.82, 2.24) is 0 Å². The molecule has 0 radical (unpaired) electrons. The highest BCUT2D eigenvalue weighted by Crippen LogP contribution is 2.12. The minimum atomic E-state index is 0.0740. The lowest BCUT2D eigenvalue weighted by Gasteiger charge is -2.06. The maximum absolute atomic E-state index is 5.76. The zero-order valence-corrected chi connectivity index (χ0v) is 7.12. The van der Waals surface area contributed by atoms with Gasteiger partial charge in [0.05, 0.1) is 18.2 Å². The summed E-state index contributed by atoms with van der Waals surface area (Å²) in [4.78, 5) is 0. The molecule has 0 spiro atoms. The molecule has 0 fully saturated rings. The van der Waals surface area contributed by atoms with Gasteiger partial charge in [0, 0.05) is 0 Å². The number of ether oxygens (including phenoxy) is 1. The molecule has 0 aromatic heterocycles. The lowest BCUT2D eigenvalue weighted by molar-refractivity contribution is 0.288. The van der Waals surface area contributed by atoms with E-state index < -0.39 is 0 Å². The number of allylic oxidation sites excluding steroid dienone is 2. The highest BCUT2D eigenvalue weighted by Gasteiger charge is 2.02. The quantitative estimate of drug-likeness (QED) is 0.432. The van der Waals surface area contributed by atoms with E-state index in [9.17, 15) is 0 Å². The van der Waals surface area contributed by atoms with E-state index >= 15 is 0 Å². The van der Waals surface area contributed by atoms with Gasteiger partial charge in [-0.2, -0.15) is 0 Å². The number of hydrogen-bond acceptors (Lipinski definition) is 1. The minimum absolute atomic E-state index is 0.0740. The number of halogens is 1. The van der Waals surface area contributed by atoms with Crippen LogP contribution in [0.3, 0.4) is 0 Å². The topological polar surface area (TPSA) is 9.23 Å². The summed E-state index contributed by atoms with van der Waals surface area (Å²) < 4.78 is 4.97. The van der Waals surface area contributed by atoms with Crippen molar-refractivity contribution in [2.75, 3.05) is 7.11 Å². The van der Waals surface area contributed by atoms with Crippen molar-refractivity contribution in [3.63, 3.8) is 0 Å². The molecule has 1 nitrogen and oxygen atoms in total. The van der Waals surface area contributed by atoms with E-state index in [0.29, 0.717) is 0 Å². The van der Waals surface area contributed by atoms with E-state index in [0.717, 1.165) is 11.3 Å². The molecular weight excluding hydrogens is 136 g/mol. The normalized spacial score (nSPS) is 16.6. The third-order valence-electron chi connectivity index (χ3n) is 1.46. The van der Waals surface area contributed by atoms with Crippen LogP contribution >= 0.6 is 11.6 Å².